The van der Waals surface area contributed by atoms with Crippen LogP contribution in [0.5, 0.6) is 0 Å². The van der Waals surface area contributed by atoms with Crippen LogP contribution in [-0.4, -0.2) is 22.7 Å². The van der Waals surface area contributed by atoms with Crippen LogP contribution in [0.3, 0.4) is 0 Å². The van der Waals surface area contributed by atoms with Crippen LogP contribution in [-0.2, 0) is 11.2 Å². The SMILES string of the molecule is C[C@H](Cc1cncc(F)c1)NC(=O)OC(C)(C)C. The summed E-state index contributed by atoms with van der Waals surface area (Å²) in [6.07, 6.45) is 2.76. The third-order valence-corrected chi connectivity index (χ3v) is 2.07. The summed E-state index contributed by atoms with van der Waals surface area (Å²) < 4.78 is 18.1. The van der Waals surface area contributed by atoms with Crippen LogP contribution in [0, 0.1) is 5.82 Å². The van der Waals surface area contributed by atoms with Gasteiger partial charge in [0.15, 0.2) is 0 Å². The number of pyridine rings is 1. The minimum Gasteiger partial charge on any atom is -0.444 e. The van der Waals surface area contributed by atoms with Gasteiger partial charge in [0.1, 0.15) is 11.4 Å². The van der Waals surface area contributed by atoms with Gasteiger partial charge in [-0.3, -0.25) is 4.98 Å². The molecule has 5 heteroatoms. The summed E-state index contributed by atoms with van der Waals surface area (Å²) in [5.41, 5.74) is 0.211. The monoisotopic (exact) mass is 254 g/mol. The Morgan fingerprint density at radius 1 is 1.50 bits per heavy atom. The summed E-state index contributed by atoms with van der Waals surface area (Å²) >= 11 is 0. The van der Waals surface area contributed by atoms with Crippen LogP contribution in [0.4, 0.5) is 9.18 Å². The van der Waals surface area contributed by atoms with Crippen LogP contribution in [0.25, 0.3) is 0 Å². The lowest BCUT2D eigenvalue weighted by Gasteiger charge is -2.21. The van der Waals surface area contributed by atoms with Gasteiger partial charge in [0.05, 0.1) is 6.20 Å². The normalized spacial score (nSPS) is 12.9. The second kappa shape index (κ2) is 5.80. The molecule has 1 heterocycles. The quantitative estimate of drug-likeness (QED) is 0.902. The van der Waals surface area contributed by atoms with E-state index in [4.69, 9.17) is 4.74 Å². The fraction of sp³-hybridized carbons (Fsp3) is 0.538. The molecule has 1 N–H and O–H groups in total. The molecule has 1 rings (SSSR count). The Balaban J connectivity index is 2.47. The van der Waals surface area contributed by atoms with E-state index in [-0.39, 0.29) is 11.9 Å². The van der Waals surface area contributed by atoms with Crippen LogP contribution in [0.2, 0.25) is 0 Å². The molecule has 1 aromatic heterocycles. The first-order chi connectivity index (χ1) is 8.26. The summed E-state index contributed by atoms with van der Waals surface area (Å²) in [6.45, 7) is 7.23. The van der Waals surface area contributed by atoms with Gasteiger partial charge in [-0.1, -0.05) is 0 Å². The van der Waals surface area contributed by atoms with Gasteiger partial charge < -0.3 is 10.1 Å². The Morgan fingerprint density at radius 3 is 2.72 bits per heavy atom. The van der Waals surface area contributed by atoms with Crippen LogP contribution < -0.4 is 5.32 Å². The van der Waals surface area contributed by atoms with E-state index >= 15 is 0 Å². The number of aromatic nitrogens is 1. The molecule has 1 aromatic rings. The molecule has 0 aliphatic heterocycles. The molecule has 18 heavy (non-hydrogen) atoms. The van der Waals surface area contributed by atoms with Crippen molar-refractivity contribution in [3.8, 4) is 0 Å². The summed E-state index contributed by atoms with van der Waals surface area (Å²) in [5.74, 6) is -0.378. The van der Waals surface area contributed by atoms with Crippen LogP contribution in [0.15, 0.2) is 18.5 Å². The molecule has 4 nitrogen and oxygen atoms in total. The molecule has 1 atom stereocenters. The zero-order valence-electron chi connectivity index (χ0n) is 11.2. The number of alkyl carbamates (subject to hydrolysis) is 1. The first kappa shape index (κ1) is 14.4. The van der Waals surface area contributed by atoms with Gasteiger partial charge in [-0.2, -0.15) is 0 Å². The van der Waals surface area contributed by atoms with E-state index in [1.54, 1.807) is 27.0 Å². The van der Waals surface area contributed by atoms with Gasteiger partial charge in [0.2, 0.25) is 0 Å². The average molecular weight is 254 g/mol. The van der Waals surface area contributed by atoms with Crippen molar-refractivity contribution in [1.82, 2.24) is 10.3 Å². The Morgan fingerprint density at radius 2 is 2.17 bits per heavy atom. The molecule has 0 unspecified atom stereocenters. The number of hydrogen-bond donors (Lipinski definition) is 1. The number of halogens is 1. The lowest BCUT2D eigenvalue weighted by Crippen LogP contribution is -2.38. The van der Waals surface area contributed by atoms with Gasteiger partial charge >= 0.3 is 6.09 Å². The van der Waals surface area contributed by atoms with E-state index < -0.39 is 11.7 Å². The van der Waals surface area contributed by atoms with Gasteiger partial charge in [-0.05, 0) is 45.7 Å². The van der Waals surface area contributed by atoms with Crippen molar-refractivity contribution in [1.29, 1.82) is 0 Å². The fourth-order valence-electron chi connectivity index (χ4n) is 1.48. The minimum atomic E-state index is -0.524. The highest BCUT2D eigenvalue weighted by Gasteiger charge is 2.17. The number of carbonyl (C=O) groups excluding carboxylic acids is 1. The highest BCUT2D eigenvalue weighted by Crippen LogP contribution is 2.08. The largest absolute Gasteiger partial charge is 0.444 e. The van der Waals surface area contributed by atoms with Crippen molar-refractivity contribution in [3.05, 3.63) is 29.8 Å². The maximum Gasteiger partial charge on any atom is 0.407 e. The molecule has 0 fully saturated rings. The summed E-state index contributed by atoms with van der Waals surface area (Å²) in [6, 6.07) is 1.25. The van der Waals surface area contributed by atoms with E-state index in [1.807, 2.05) is 6.92 Å². The first-order valence-electron chi connectivity index (χ1n) is 5.85. The number of amides is 1. The fourth-order valence-corrected chi connectivity index (χ4v) is 1.48. The standard InChI is InChI=1S/C13H19FN2O2/c1-9(16-12(17)18-13(2,3)4)5-10-6-11(14)8-15-7-10/h6-9H,5H2,1-4H3,(H,16,17)/t9-/m1/s1. The third kappa shape index (κ3) is 5.61. The Bertz CT molecular complexity index is 416. The zero-order valence-corrected chi connectivity index (χ0v) is 11.2. The molecule has 0 aliphatic carbocycles. The highest BCUT2D eigenvalue weighted by atomic mass is 19.1. The highest BCUT2D eigenvalue weighted by molar-refractivity contribution is 5.68. The molecule has 0 saturated carbocycles. The van der Waals surface area contributed by atoms with E-state index in [0.29, 0.717) is 6.42 Å². The maximum absolute atomic E-state index is 12.9. The molecule has 0 spiro atoms. The molecule has 0 radical (unpaired) electrons. The third-order valence-electron chi connectivity index (χ3n) is 2.07. The van der Waals surface area contributed by atoms with Crippen molar-refractivity contribution >= 4 is 6.09 Å². The molecule has 0 aromatic carbocycles. The van der Waals surface area contributed by atoms with Crippen LogP contribution >= 0.6 is 0 Å². The van der Waals surface area contributed by atoms with Crippen molar-refractivity contribution in [3.63, 3.8) is 0 Å². The van der Waals surface area contributed by atoms with E-state index in [2.05, 4.69) is 10.3 Å². The molecule has 1 amide bonds. The predicted octanol–water partition coefficient (Wildman–Crippen LogP) is 2.68. The lowest BCUT2D eigenvalue weighted by molar-refractivity contribution is 0.0508. The van der Waals surface area contributed by atoms with Gasteiger partial charge in [-0.15, -0.1) is 0 Å². The summed E-state index contributed by atoms with van der Waals surface area (Å²) in [4.78, 5) is 15.3. The van der Waals surface area contributed by atoms with Crippen molar-refractivity contribution in [2.45, 2.75) is 45.8 Å². The average Bonchev–Trinajstić information content (AvgIpc) is 2.13. The minimum absolute atomic E-state index is 0.150. The second-order valence-corrected chi connectivity index (χ2v) is 5.26. The Kier molecular flexibility index (Phi) is 4.64. The topological polar surface area (TPSA) is 51.2 Å². The van der Waals surface area contributed by atoms with Gasteiger partial charge in [0.25, 0.3) is 0 Å². The van der Waals surface area contributed by atoms with Crippen molar-refractivity contribution < 1.29 is 13.9 Å². The van der Waals surface area contributed by atoms with E-state index in [1.165, 1.54) is 6.07 Å². The molecule has 0 bridgehead atoms. The Hall–Kier alpha value is -1.65. The lowest BCUT2D eigenvalue weighted by atomic mass is 10.1. The number of nitrogens with zero attached hydrogens (tertiary/aromatic N) is 1. The second-order valence-electron chi connectivity index (χ2n) is 5.26. The number of hydrogen-bond acceptors (Lipinski definition) is 3. The molecule has 0 saturated heterocycles. The van der Waals surface area contributed by atoms with Crippen LogP contribution in [0.1, 0.15) is 33.3 Å². The van der Waals surface area contributed by atoms with Crippen molar-refractivity contribution in [2.75, 3.05) is 0 Å². The number of ether oxygens (including phenoxy) is 1. The number of carbonyl (C=O) groups is 1. The van der Waals surface area contributed by atoms with Gasteiger partial charge in [0, 0.05) is 12.2 Å². The molecular formula is C13H19FN2O2. The predicted molar refractivity (Wildman–Crippen MR) is 66.7 cm³/mol. The smallest absolute Gasteiger partial charge is 0.407 e. The Labute approximate surface area is 107 Å². The number of rotatable bonds is 3. The molecular weight excluding hydrogens is 235 g/mol. The maximum atomic E-state index is 12.9. The van der Waals surface area contributed by atoms with E-state index in [9.17, 15) is 9.18 Å². The van der Waals surface area contributed by atoms with Crippen molar-refractivity contribution in [2.24, 2.45) is 0 Å². The molecule has 0 aliphatic rings. The van der Waals surface area contributed by atoms with E-state index in [0.717, 1.165) is 11.8 Å². The van der Waals surface area contributed by atoms with Gasteiger partial charge in [-0.25, -0.2) is 9.18 Å². The zero-order chi connectivity index (χ0) is 13.8. The summed E-state index contributed by atoms with van der Waals surface area (Å²) in [7, 11) is 0. The number of nitrogens with one attached hydrogen (secondary N) is 1. The first-order valence-corrected chi connectivity index (χ1v) is 5.85. The molecule has 100 valence electrons. The summed E-state index contributed by atoms with van der Waals surface area (Å²) in [5, 5.41) is 2.69.